The highest BCUT2D eigenvalue weighted by molar-refractivity contribution is 5.73. The van der Waals surface area contributed by atoms with Crippen LogP contribution in [0, 0.1) is 11.6 Å². The number of oxime groups is 1. The largest absolute Gasteiger partial charge is 0.390 e. The van der Waals surface area contributed by atoms with Crippen LogP contribution in [0.15, 0.2) is 59.5 Å². The first-order chi connectivity index (χ1) is 17.9. The molecule has 1 amide bonds. The number of benzene rings is 2. The summed E-state index contributed by atoms with van der Waals surface area (Å²) in [7, 11) is 0. The van der Waals surface area contributed by atoms with Crippen LogP contribution >= 0.6 is 0 Å². The molecule has 0 fully saturated rings. The highest BCUT2D eigenvalue weighted by Gasteiger charge is 2.36. The summed E-state index contributed by atoms with van der Waals surface area (Å²) in [4.78, 5) is 17.4. The van der Waals surface area contributed by atoms with E-state index in [1.54, 1.807) is 13.1 Å². The van der Waals surface area contributed by atoms with Crippen LogP contribution in [0.4, 0.5) is 8.78 Å². The average Bonchev–Trinajstić information content (AvgIpc) is 2.85. The van der Waals surface area contributed by atoms with E-state index in [-0.39, 0.29) is 24.3 Å². The zero-order chi connectivity index (χ0) is 27.9. The van der Waals surface area contributed by atoms with Gasteiger partial charge < -0.3 is 20.6 Å². The lowest BCUT2D eigenvalue weighted by atomic mass is 9.76. The van der Waals surface area contributed by atoms with Crippen molar-refractivity contribution < 1.29 is 23.5 Å². The molecule has 38 heavy (non-hydrogen) atoms. The Hall–Kier alpha value is -3.10. The number of rotatable bonds is 10. The highest BCUT2D eigenvalue weighted by Crippen LogP contribution is 2.38. The number of hydrogen-bond acceptors (Lipinski definition) is 5. The first-order valence-corrected chi connectivity index (χ1v) is 13.0. The lowest BCUT2D eigenvalue weighted by Crippen LogP contribution is -2.53. The predicted molar refractivity (Wildman–Crippen MR) is 146 cm³/mol. The zero-order valence-corrected chi connectivity index (χ0v) is 22.9. The molecule has 0 aliphatic heterocycles. The minimum absolute atomic E-state index is 0.0396. The maximum atomic E-state index is 13.8. The fourth-order valence-corrected chi connectivity index (χ4v) is 4.81. The molecule has 0 saturated carbocycles. The van der Waals surface area contributed by atoms with Gasteiger partial charge in [0.2, 0.25) is 5.91 Å². The number of carbonyl (C=O) groups is 1. The molecule has 0 radical (unpaired) electrons. The van der Waals surface area contributed by atoms with Crippen LogP contribution in [0.5, 0.6) is 0 Å². The van der Waals surface area contributed by atoms with Gasteiger partial charge >= 0.3 is 0 Å². The summed E-state index contributed by atoms with van der Waals surface area (Å²) >= 11 is 0. The number of nitrogens with zero attached hydrogens (tertiary/aromatic N) is 1. The van der Waals surface area contributed by atoms with E-state index < -0.39 is 29.3 Å². The van der Waals surface area contributed by atoms with Gasteiger partial charge in [0.05, 0.1) is 12.1 Å². The molecule has 206 valence electrons. The molecule has 1 aliphatic carbocycles. The van der Waals surface area contributed by atoms with Gasteiger partial charge in [-0.15, -0.1) is 0 Å². The van der Waals surface area contributed by atoms with Crippen molar-refractivity contribution in [1.29, 1.82) is 0 Å². The normalized spacial score (nSPS) is 19.6. The van der Waals surface area contributed by atoms with E-state index in [4.69, 9.17) is 4.84 Å². The second-order valence-electron chi connectivity index (χ2n) is 11.0. The maximum Gasteiger partial charge on any atom is 0.217 e. The molecular formula is C30H39F2N3O3. The molecule has 3 unspecified atom stereocenters. The third-order valence-corrected chi connectivity index (χ3v) is 6.91. The van der Waals surface area contributed by atoms with Crippen molar-refractivity contribution >= 4 is 12.1 Å². The second kappa shape index (κ2) is 12.6. The van der Waals surface area contributed by atoms with Crippen LogP contribution in [-0.2, 0) is 27.0 Å². The third-order valence-electron chi connectivity index (χ3n) is 6.91. The quantitative estimate of drug-likeness (QED) is 0.291. The number of aliphatic hydroxyl groups is 1. The molecule has 3 atom stereocenters. The Morgan fingerprint density at radius 3 is 2.50 bits per heavy atom. The monoisotopic (exact) mass is 527 g/mol. The minimum Gasteiger partial charge on any atom is -0.390 e. The van der Waals surface area contributed by atoms with E-state index in [1.807, 2.05) is 12.1 Å². The van der Waals surface area contributed by atoms with Gasteiger partial charge in [-0.05, 0) is 66.5 Å². The summed E-state index contributed by atoms with van der Waals surface area (Å²) in [6, 6.07) is 10.9. The Kier molecular flexibility index (Phi) is 9.79. The highest BCUT2D eigenvalue weighted by atomic mass is 19.1. The van der Waals surface area contributed by atoms with Crippen LogP contribution < -0.4 is 10.6 Å². The lowest BCUT2D eigenvalue weighted by Gasteiger charge is -2.39. The van der Waals surface area contributed by atoms with Gasteiger partial charge in [-0.3, -0.25) is 4.79 Å². The lowest BCUT2D eigenvalue weighted by molar-refractivity contribution is -0.120. The first kappa shape index (κ1) is 29.5. The average molecular weight is 528 g/mol. The Bertz CT molecular complexity index is 1160. The molecule has 0 heterocycles. The molecule has 2 aromatic carbocycles. The minimum atomic E-state index is -1.01. The van der Waals surface area contributed by atoms with Crippen molar-refractivity contribution in [2.45, 2.75) is 83.4 Å². The summed E-state index contributed by atoms with van der Waals surface area (Å²) in [5.41, 5.74) is 2.11. The maximum absolute atomic E-state index is 13.8. The van der Waals surface area contributed by atoms with Crippen molar-refractivity contribution in [1.82, 2.24) is 10.6 Å². The van der Waals surface area contributed by atoms with Gasteiger partial charge in [0.15, 0.2) is 0 Å². The van der Waals surface area contributed by atoms with Crippen molar-refractivity contribution in [3.8, 4) is 0 Å². The van der Waals surface area contributed by atoms with Crippen LogP contribution in [0.1, 0.15) is 70.6 Å². The van der Waals surface area contributed by atoms with Gasteiger partial charge in [0, 0.05) is 37.7 Å². The van der Waals surface area contributed by atoms with Crippen LogP contribution in [0.2, 0.25) is 0 Å². The summed E-state index contributed by atoms with van der Waals surface area (Å²) < 4.78 is 27.5. The number of halogens is 2. The van der Waals surface area contributed by atoms with Gasteiger partial charge in [0.1, 0.15) is 17.4 Å². The summed E-state index contributed by atoms with van der Waals surface area (Å²) in [5.74, 6) is -0.952. The van der Waals surface area contributed by atoms with Crippen molar-refractivity contribution in [2.75, 3.05) is 6.54 Å². The van der Waals surface area contributed by atoms with Gasteiger partial charge in [-0.25, -0.2) is 8.78 Å². The summed E-state index contributed by atoms with van der Waals surface area (Å²) in [6.07, 6.45) is 4.64. The molecule has 0 spiro atoms. The first-order valence-electron chi connectivity index (χ1n) is 13.0. The molecule has 3 N–H and O–H groups in total. The summed E-state index contributed by atoms with van der Waals surface area (Å²) in [6.45, 7) is 9.79. The van der Waals surface area contributed by atoms with Gasteiger partial charge in [-0.2, -0.15) is 0 Å². The predicted octanol–water partition coefficient (Wildman–Crippen LogP) is 5.25. The van der Waals surface area contributed by atoms with Crippen molar-refractivity contribution in [2.24, 2.45) is 5.16 Å². The SMILES string of the molecule is C/C=N\OC1=CCC(NCC(O)C(Cc2cc(F)cc(F)c2)NC(C)=O)(c2cccc(C(C)(C)C)c2)CC1. The second-order valence-corrected chi connectivity index (χ2v) is 11.0. The fourth-order valence-electron chi connectivity index (χ4n) is 4.81. The molecule has 0 bridgehead atoms. The van der Waals surface area contributed by atoms with E-state index >= 15 is 0 Å². The standard InChI is InChI=1S/C30H39F2N3O3/c1-6-34-38-26-10-12-30(13-11-26,23-9-7-8-22(17-23)29(3,4)5)33-19-28(37)27(35-20(2)36)16-21-14-24(31)18-25(32)15-21/h6-10,14-15,17-18,27-28,33,37H,11-13,16,19H2,1-5H3,(H,35,36)/b34-6-. The number of allylic oxidation sites excluding steroid dienone is 1. The topological polar surface area (TPSA) is 82.9 Å². The molecular weight excluding hydrogens is 488 g/mol. The number of carbonyl (C=O) groups excluding carboxylic acids is 1. The Balaban J connectivity index is 1.86. The van der Waals surface area contributed by atoms with Crippen LogP contribution in [-0.4, -0.2) is 35.9 Å². The molecule has 0 saturated heterocycles. The fraction of sp³-hybridized carbons (Fsp3) is 0.467. The Morgan fingerprint density at radius 2 is 1.92 bits per heavy atom. The Morgan fingerprint density at radius 1 is 1.21 bits per heavy atom. The van der Waals surface area contributed by atoms with Crippen molar-refractivity contribution in [3.63, 3.8) is 0 Å². The molecule has 6 nitrogen and oxygen atoms in total. The number of aliphatic hydroxyl groups excluding tert-OH is 1. The molecule has 3 rings (SSSR count). The molecule has 1 aliphatic rings. The number of amides is 1. The Labute approximate surface area is 224 Å². The summed E-state index contributed by atoms with van der Waals surface area (Å²) in [5, 5.41) is 21.4. The zero-order valence-electron chi connectivity index (χ0n) is 22.9. The van der Waals surface area contributed by atoms with Crippen LogP contribution in [0.25, 0.3) is 0 Å². The smallest absolute Gasteiger partial charge is 0.217 e. The van der Waals surface area contributed by atoms with Crippen molar-refractivity contribution in [3.05, 3.63) is 82.6 Å². The van der Waals surface area contributed by atoms with E-state index in [2.05, 4.69) is 54.8 Å². The van der Waals surface area contributed by atoms with E-state index in [0.29, 0.717) is 24.8 Å². The molecule has 0 aromatic heterocycles. The van der Waals surface area contributed by atoms with Crippen LogP contribution in [0.3, 0.4) is 0 Å². The van der Waals surface area contributed by atoms with E-state index in [9.17, 15) is 18.7 Å². The van der Waals surface area contributed by atoms with E-state index in [1.165, 1.54) is 24.6 Å². The van der Waals surface area contributed by atoms with Gasteiger partial charge in [-0.1, -0.05) is 50.2 Å². The molecule has 2 aromatic rings. The number of nitrogens with one attached hydrogen (secondary N) is 2. The molecule has 8 heteroatoms. The third kappa shape index (κ3) is 7.95. The number of hydrogen-bond donors (Lipinski definition) is 3. The van der Waals surface area contributed by atoms with Gasteiger partial charge in [0.25, 0.3) is 0 Å². The van der Waals surface area contributed by atoms with E-state index in [0.717, 1.165) is 17.4 Å².